The number of amides is 3. The number of urea groups is 1. The van der Waals surface area contributed by atoms with Crippen molar-refractivity contribution in [1.82, 2.24) is 15.1 Å². The molecule has 22 heavy (non-hydrogen) atoms. The van der Waals surface area contributed by atoms with Crippen molar-refractivity contribution in [3.63, 3.8) is 0 Å². The van der Waals surface area contributed by atoms with E-state index in [-0.39, 0.29) is 28.8 Å². The van der Waals surface area contributed by atoms with Crippen LogP contribution in [0.4, 0.5) is 4.79 Å². The minimum absolute atomic E-state index is 0.0329. The molecular formula is C17H33N3O2. The van der Waals surface area contributed by atoms with E-state index in [1.165, 1.54) is 0 Å². The lowest BCUT2D eigenvalue weighted by Gasteiger charge is -2.47. The fourth-order valence-electron chi connectivity index (χ4n) is 3.86. The summed E-state index contributed by atoms with van der Waals surface area (Å²) in [6.45, 7) is 6.77. The normalized spacial score (nSPS) is 27.1. The number of nitrogens with zero attached hydrogens (tertiary/aromatic N) is 2. The van der Waals surface area contributed by atoms with Crippen molar-refractivity contribution in [1.29, 1.82) is 0 Å². The standard InChI is InChI=1S/C17H33N3O2/c1-16(2)10-13(18-15(22)20(6)7)11-17(3,12-16)9-8-14(21)19(4)5/h13H,8-12H2,1-7H3,(H,18,22). The van der Waals surface area contributed by atoms with Crippen molar-refractivity contribution in [2.45, 2.75) is 58.9 Å². The van der Waals surface area contributed by atoms with Crippen LogP contribution in [0.3, 0.4) is 0 Å². The zero-order valence-corrected chi connectivity index (χ0v) is 15.3. The molecule has 0 aromatic rings. The van der Waals surface area contributed by atoms with Crippen LogP contribution >= 0.6 is 0 Å². The lowest BCUT2D eigenvalue weighted by Crippen LogP contribution is -2.49. The summed E-state index contributed by atoms with van der Waals surface area (Å²) in [5, 5.41) is 3.13. The van der Waals surface area contributed by atoms with Gasteiger partial charge in [-0.25, -0.2) is 4.79 Å². The minimum Gasteiger partial charge on any atom is -0.349 e. The molecule has 0 aromatic heterocycles. The molecule has 5 nitrogen and oxygen atoms in total. The monoisotopic (exact) mass is 311 g/mol. The average Bonchev–Trinajstić information content (AvgIpc) is 2.33. The van der Waals surface area contributed by atoms with Crippen LogP contribution in [0.15, 0.2) is 0 Å². The first-order chi connectivity index (χ1) is 9.94. The van der Waals surface area contributed by atoms with E-state index >= 15 is 0 Å². The van der Waals surface area contributed by atoms with E-state index in [1.54, 1.807) is 38.0 Å². The fourth-order valence-corrected chi connectivity index (χ4v) is 3.86. The van der Waals surface area contributed by atoms with E-state index in [0.29, 0.717) is 6.42 Å². The van der Waals surface area contributed by atoms with E-state index in [9.17, 15) is 9.59 Å². The van der Waals surface area contributed by atoms with Crippen molar-refractivity contribution >= 4 is 11.9 Å². The van der Waals surface area contributed by atoms with Crippen LogP contribution in [-0.2, 0) is 4.79 Å². The zero-order chi connectivity index (χ0) is 17.1. The SMILES string of the molecule is CN(C)C(=O)CCC1(C)CC(NC(=O)N(C)C)CC(C)(C)C1. The van der Waals surface area contributed by atoms with Crippen LogP contribution in [0.1, 0.15) is 52.9 Å². The molecule has 0 aromatic carbocycles. The Morgan fingerprint density at radius 3 is 2.14 bits per heavy atom. The van der Waals surface area contributed by atoms with Gasteiger partial charge in [0.1, 0.15) is 0 Å². The van der Waals surface area contributed by atoms with Crippen molar-refractivity contribution in [3.8, 4) is 0 Å². The Bertz CT molecular complexity index is 418. The molecule has 128 valence electrons. The van der Waals surface area contributed by atoms with Gasteiger partial charge < -0.3 is 15.1 Å². The molecule has 2 atom stereocenters. The van der Waals surface area contributed by atoms with Crippen molar-refractivity contribution in [2.24, 2.45) is 10.8 Å². The number of hydrogen-bond acceptors (Lipinski definition) is 2. The van der Waals surface area contributed by atoms with Crippen LogP contribution in [0.25, 0.3) is 0 Å². The van der Waals surface area contributed by atoms with Gasteiger partial charge in [-0.3, -0.25) is 4.79 Å². The molecule has 1 aliphatic carbocycles. The van der Waals surface area contributed by atoms with Gasteiger partial charge in [0.2, 0.25) is 5.91 Å². The summed E-state index contributed by atoms with van der Waals surface area (Å²) in [5.74, 6) is 0.179. The topological polar surface area (TPSA) is 52.7 Å². The van der Waals surface area contributed by atoms with E-state index in [1.807, 2.05) is 0 Å². The largest absolute Gasteiger partial charge is 0.349 e. The Hall–Kier alpha value is -1.26. The van der Waals surface area contributed by atoms with E-state index in [4.69, 9.17) is 0 Å². The Labute approximate surface area is 135 Å². The maximum absolute atomic E-state index is 11.9. The molecule has 0 aliphatic heterocycles. The number of hydrogen-bond donors (Lipinski definition) is 1. The van der Waals surface area contributed by atoms with Gasteiger partial charge in [-0.15, -0.1) is 0 Å². The number of rotatable bonds is 4. The molecule has 5 heteroatoms. The summed E-state index contributed by atoms with van der Waals surface area (Å²) < 4.78 is 0. The molecule has 1 saturated carbocycles. The Morgan fingerprint density at radius 2 is 1.64 bits per heavy atom. The quantitative estimate of drug-likeness (QED) is 0.868. The number of nitrogens with one attached hydrogen (secondary N) is 1. The molecule has 3 amide bonds. The third kappa shape index (κ3) is 5.50. The number of carbonyl (C=O) groups is 2. The second-order valence-electron chi connectivity index (χ2n) is 8.39. The molecule has 0 spiro atoms. The minimum atomic E-state index is -0.0329. The van der Waals surface area contributed by atoms with Gasteiger partial charge >= 0.3 is 6.03 Å². The van der Waals surface area contributed by atoms with E-state index < -0.39 is 0 Å². The highest BCUT2D eigenvalue weighted by Gasteiger charge is 2.41. The Kier molecular flexibility index (Phi) is 5.88. The predicted octanol–water partition coefficient (Wildman–Crippen LogP) is 2.71. The third-order valence-electron chi connectivity index (χ3n) is 4.62. The second kappa shape index (κ2) is 6.88. The lowest BCUT2D eigenvalue weighted by atomic mass is 9.61. The smallest absolute Gasteiger partial charge is 0.317 e. The number of carbonyl (C=O) groups excluding carboxylic acids is 2. The van der Waals surface area contributed by atoms with Crippen LogP contribution in [0.2, 0.25) is 0 Å². The molecule has 0 heterocycles. The van der Waals surface area contributed by atoms with E-state index in [2.05, 4.69) is 26.1 Å². The maximum Gasteiger partial charge on any atom is 0.317 e. The molecule has 0 radical (unpaired) electrons. The van der Waals surface area contributed by atoms with Gasteiger partial charge in [0.05, 0.1) is 0 Å². The maximum atomic E-state index is 11.9. The van der Waals surface area contributed by atoms with Gasteiger partial charge in [-0.2, -0.15) is 0 Å². The van der Waals surface area contributed by atoms with Crippen molar-refractivity contribution in [2.75, 3.05) is 28.2 Å². The average molecular weight is 311 g/mol. The summed E-state index contributed by atoms with van der Waals surface area (Å²) in [7, 11) is 7.13. The Morgan fingerprint density at radius 1 is 1.05 bits per heavy atom. The van der Waals surface area contributed by atoms with Crippen LogP contribution in [0, 0.1) is 10.8 Å². The molecule has 2 unspecified atom stereocenters. The summed E-state index contributed by atoms with van der Waals surface area (Å²) in [4.78, 5) is 27.1. The second-order valence-corrected chi connectivity index (χ2v) is 8.39. The summed E-state index contributed by atoms with van der Waals surface area (Å²) in [6, 6.07) is 0.146. The molecule has 1 rings (SSSR count). The highest BCUT2D eigenvalue weighted by Crippen LogP contribution is 2.48. The third-order valence-corrected chi connectivity index (χ3v) is 4.62. The first-order valence-corrected chi connectivity index (χ1v) is 8.12. The Balaban J connectivity index is 2.73. The molecule has 1 N–H and O–H groups in total. The molecule has 0 bridgehead atoms. The van der Waals surface area contributed by atoms with Gasteiger partial charge in [0, 0.05) is 40.7 Å². The van der Waals surface area contributed by atoms with E-state index in [0.717, 1.165) is 25.7 Å². The van der Waals surface area contributed by atoms with Crippen molar-refractivity contribution < 1.29 is 9.59 Å². The highest BCUT2D eigenvalue weighted by atomic mass is 16.2. The molecule has 1 fully saturated rings. The van der Waals surface area contributed by atoms with Gasteiger partial charge in [0.15, 0.2) is 0 Å². The van der Waals surface area contributed by atoms with Crippen molar-refractivity contribution in [3.05, 3.63) is 0 Å². The van der Waals surface area contributed by atoms with Gasteiger partial charge in [0.25, 0.3) is 0 Å². The predicted molar refractivity (Wildman–Crippen MR) is 89.7 cm³/mol. The summed E-state index contributed by atoms with van der Waals surface area (Å²) in [6.07, 6.45) is 4.48. The first kappa shape index (κ1) is 18.8. The molecular weight excluding hydrogens is 278 g/mol. The highest BCUT2D eigenvalue weighted by molar-refractivity contribution is 5.75. The van der Waals surface area contributed by atoms with Crippen LogP contribution < -0.4 is 5.32 Å². The van der Waals surface area contributed by atoms with Gasteiger partial charge in [-0.1, -0.05) is 20.8 Å². The first-order valence-electron chi connectivity index (χ1n) is 8.12. The van der Waals surface area contributed by atoms with Crippen LogP contribution in [-0.4, -0.2) is 56.0 Å². The zero-order valence-electron chi connectivity index (χ0n) is 15.3. The lowest BCUT2D eigenvalue weighted by molar-refractivity contribution is -0.129. The fraction of sp³-hybridized carbons (Fsp3) is 0.882. The summed E-state index contributed by atoms with van der Waals surface area (Å²) >= 11 is 0. The van der Waals surface area contributed by atoms with Gasteiger partial charge in [-0.05, 0) is 36.5 Å². The molecule has 0 saturated heterocycles. The van der Waals surface area contributed by atoms with Crippen LogP contribution in [0.5, 0.6) is 0 Å². The molecule has 1 aliphatic rings. The summed E-state index contributed by atoms with van der Waals surface area (Å²) in [5.41, 5.74) is 0.274.